The van der Waals surface area contributed by atoms with E-state index in [1.165, 1.54) is 17.3 Å². The minimum Gasteiger partial charge on any atom is -0.278 e. The average Bonchev–Trinajstić information content (AvgIpc) is 3.21. The summed E-state index contributed by atoms with van der Waals surface area (Å²) in [4.78, 5) is 3.87. The van der Waals surface area contributed by atoms with E-state index in [9.17, 15) is 21.6 Å². The van der Waals surface area contributed by atoms with Crippen molar-refractivity contribution >= 4 is 21.8 Å². The summed E-state index contributed by atoms with van der Waals surface area (Å²) in [5.41, 5.74) is 0.733. The largest absolute Gasteiger partial charge is 0.416 e. The van der Waals surface area contributed by atoms with Gasteiger partial charge in [-0.2, -0.15) is 18.3 Å². The van der Waals surface area contributed by atoms with Crippen LogP contribution in [0, 0.1) is 0 Å². The highest BCUT2D eigenvalue weighted by Crippen LogP contribution is 2.35. The second-order valence-electron chi connectivity index (χ2n) is 6.48. The molecule has 0 saturated heterocycles. The number of benzene rings is 2. The van der Waals surface area contributed by atoms with Gasteiger partial charge >= 0.3 is 6.18 Å². The van der Waals surface area contributed by atoms with Crippen LogP contribution >= 0.6 is 0 Å². The SMILES string of the molecule is O=S(=O)(Nc1cc(C(F)(F)F)ccc1-n1cncn1)C1=Cc2ccccc2CC1. The molecule has 29 heavy (non-hydrogen) atoms. The van der Waals surface area contributed by atoms with Gasteiger partial charge in [-0.1, -0.05) is 24.3 Å². The van der Waals surface area contributed by atoms with Crippen LogP contribution in [-0.2, 0) is 22.6 Å². The molecule has 0 radical (unpaired) electrons. The van der Waals surface area contributed by atoms with E-state index in [1.54, 1.807) is 18.2 Å². The summed E-state index contributed by atoms with van der Waals surface area (Å²) in [6.07, 6.45) is 0.187. The van der Waals surface area contributed by atoms with Crippen LogP contribution < -0.4 is 4.72 Å². The number of allylic oxidation sites excluding steroid dienone is 1. The predicted molar refractivity (Wildman–Crippen MR) is 102 cm³/mol. The molecule has 1 aliphatic rings. The van der Waals surface area contributed by atoms with Crippen molar-refractivity contribution in [2.24, 2.45) is 0 Å². The molecule has 0 spiro atoms. The minimum atomic E-state index is -4.62. The zero-order valence-electron chi connectivity index (χ0n) is 14.9. The Morgan fingerprint density at radius 3 is 2.59 bits per heavy atom. The van der Waals surface area contributed by atoms with Crippen LogP contribution in [0.1, 0.15) is 23.1 Å². The maximum Gasteiger partial charge on any atom is 0.416 e. The zero-order valence-corrected chi connectivity index (χ0v) is 15.7. The Bertz CT molecular complexity index is 1190. The molecule has 1 aromatic heterocycles. The van der Waals surface area contributed by atoms with E-state index in [0.717, 1.165) is 29.3 Å². The van der Waals surface area contributed by atoms with Crippen molar-refractivity contribution in [3.63, 3.8) is 0 Å². The molecule has 1 aliphatic carbocycles. The number of anilines is 1. The number of alkyl halides is 3. The lowest BCUT2D eigenvalue weighted by molar-refractivity contribution is -0.137. The molecule has 6 nitrogen and oxygen atoms in total. The second-order valence-corrected chi connectivity index (χ2v) is 8.22. The first-order valence-electron chi connectivity index (χ1n) is 8.61. The Hall–Kier alpha value is -3.14. The van der Waals surface area contributed by atoms with E-state index in [4.69, 9.17) is 0 Å². The average molecular weight is 420 g/mol. The summed E-state index contributed by atoms with van der Waals surface area (Å²) in [5.74, 6) is 0. The van der Waals surface area contributed by atoms with E-state index in [0.29, 0.717) is 6.42 Å². The molecule has 0 amide bonds. The quantitative estimate of drug-likeness (QED) is 0.692. The van der Waals surface area contributed by atoms with Crippen molar-refractivity contribution in [3.8, 4) is 5.69 Å². The van der Waals surface area contributed by atoms with Gasteiger partial charge in [-0.05, 0) is 48.2 Å². The third-order valence-electron chi connectivity index (χ3n) is 4.59. The maximum absolute atomic E-state index is 13.2. The number of fused-ring (bicyclic) bond motifs is 1. The number of sulfonamides is 1. The van der Waals surface area contributed by atoms with Crippen molar-refractivity contribution in [2.75, 3.05) is 4.72 Å². The molecule has 2 aromatic carbocycles. The Balaban J connectivity index is 1.76. The van der Waals surface area contributed by atoms with Crippen molar-refractivity contribution < 1.29 is 21.6 Å². The standard InChI is InChI=1S/C19H15F3N4O2S/c20-19(21,22)15-6-8-18(26-12-23-11-24-26)17(10-15)25-29(27,28)16-7-5-13-3-1-2-4-14(13)9-16/h1-4,6,8-12,25H,5,7H2. The topological polar surface area (TPSA) is 76.9 Å². The molecule has 0 fully saturated rings. The van der Waals surface area contributed by atoms with Crippen LogP contribution in [0.2, 0.25) is 0 Å². The number of nitrogens with one attached hydrogen (secondary N) is 1. The molecule has 0 atom stereocenters. The number of nitrogens with zero attached hydrogens (tertiary/aromatic N) is 3. The summed E-state index contributed by atoms with van der Waals surface area (Å²) in [7, 11) is -4.07. The van der Waals surface area contributed by atoms with Gasteiger partial charge in [0.05, 0.1) is 21.8 Å². The Labute approximate surface area is 164 Å². The lowest BCUT2D eigenvalue weighted by atomic mass is 9.98. The van der Waals surface area contributed by atoms with Gasteiger partial charge in [-0.3, -0.25) is 4.72 Å². The highest BCUT2D eigenvalue weighted by molar-refractivity contribution is 7.96. The number of aromatic nitrogens is 3. The van der Waals surface area contributed by atoms with Crippen molar-refractivity contribution in [1.29, 1.82) is 0 Å². The summed E-state index contributed by atoms with van der Waals surface area (Å²) >= 11 is 0. The van der Waals surface area contributed by atoms with E-state index >= 15 is 0 Å². The molecule has 1 N–H and O–H groups in total. The molecule has 1 heterocycles. The first kappa shape index (κ1) is 19.2. The van der Waals surface area contributed by atoms with Crippen LogP contribution in [-0.4, -0.2) is 23.2 Å². The second kappa shape index (κ2) is 7.03. The van der Waals surface area contributed by atoms with Gasteiger partial charge in [0.25, 0.3) is 10.0 Å². The normalized spacial score (nSPS) is 14.2. The van der Waals surface area contributed by atoms with E-state index < -0.39 is 21.8 Å². The summed E-state index contributed by atoms with van der Waals surface area (Å²) in [5, 5.41) is 3.89. The Morgan fingerprint density at radius 1 is 1.07 bits per heavy atom. The molecule has 4 rings (SSSR count). The van der Waals surface area contributed by atoms with Gasteiger partial charge in [0, 0.05) is 0 Å². The highest BCUT2D eigenvalue weighted by atomic mass is 32.2. The van der Waals surface area contributed by atoms with Crippen molar-refractivity contribution in [3.05, 3.63) is 76.7 Å². The minimum absolute atomic E-state index is 0.109. The van der Waals surface area contributed by atoms with Gasteiger partial charge in [-0.25, -0.2) is 18.1 Å². The summed E-state index contributed by atoms with van der Waals surface area (Å²) in [6.45, 7) is 0. The fourth-order valence-corrected chi connectivity index (χ4v) is 4.39. The molecule has 0 aliphatic heterocycles. The predicted octanol–water partition coefficient (Wildman–Crippen LogP) is 4.02. The number of aryl methyl sites for hydroxylation is 1. The Kier molecular flexibility index (Phi) is 4.65. The molecule has 0 bridgehead atoms. The summed E-state index contributed by atoms with van der Waals surface area (Å²) in [6, 6.07) is 10.2. The van der Waals surface area contributed by atoms with Crippen molar-refractivity contribution in [2.45, 2.75) is 19.0 Å². The molecule has 0 unspecified atom stereocenters. The molecular formula is C19H15F3N4O2S. The first-order valence-corrected chi connectivity index (χ1v) is 10.1. The Morgan fingerprint density at radius 2 is 1.86 bits per heavy atom. The van der Waals surface area contributed by atoms with E-state index in [-0.39, 0.29) is 22.7 Å². The smallest absolute Gasteiger partial charge is 0.278 e. The monoisotopic (exact) mass is 420 g/mol. The molecule has 3 aromatic rings. The third-order valence-corrected chi connectivity index (χ3v) is 6.09. The van der Waals surface area contributed by atoms with Crippen LogP contribution in [0.15, 0.2) is 60.0 Å². The van der Waals surface area contributed by atoms with Crippen LogP contribution in [0.5, 0.6) is 0 Å². The number of hydrogen-bond acceptors (Lipinski definition) is 4. The number of halogens is 3. The van der Waals surface area contributed by atoms with Gasteiger partial charge in [-0.15, -0.1) is 0 Å². The van der Waals surface area contributed by atoms with E-state index in [2.05, 4.69) is 14.8 Å². The van der Waals surface area contributed by atoms with Gasteiger partial charge in [0.2, 0.25) is 0 Å². The highest BCUT2D eigenvalue weighted by Gasteiger charge is 2.32. The molecule has 10 heteroatoms. The first-order chi connectivity index (χ1) is 13.7. The molecule has 150 valence electrons. The van der Waals surface area contributed by atoms with Gasteiger partial charge in [0.15, 0.2) is 0 Å². The lowest BCUT2D eigenvalue weighted by Gasteiger charge is -2.19. The molecular weight excluding hydrogens is 405 g/mol. The van der Waals surface area contributed by atoms with E-state index in [1.807, 2.05) is 12.1 Å². The number of hydrogen-bond donors (Lipinski definition) is 1. The lowest BCUT2D eigenvalue weighted by Crippen LogP contribution is -2.19. The van der Waals surface area contributed by atoms with Crippen molar-refractivity contribution in [1.82, 2.24) is 14.8 Å². The summed E-state index contributed by atoms with van der Waals surface area (Å²) < 4.78 is 68.9. The fourth-order valence-electron chi connectivity index (χ4n) is 3.15. The van der Waals surface area contributed by atoms with Crippen LogP contribution in [0.25, 0.3) is 11.8 Å². The van der Waals surface area contributed by atoms with Gasteiger partial charge < -0.3 is 0 Å². The number of rotatable bonds is 4. The molecule has 0 saturated carbocycles. The van der Waals surface area contributed by atoms with Crippen LogP contribution in [0.3, 0.4) is 0 Å². The van der Waals surface area contributed by atoms with Crippen LogP contribution in [0.4, 0.5) is 18.9 Å². The maximum atomic E-state index is 13.2. The third kappa shape index (κ3) is 3.88. The zero-order chi connectivity index (χ0) is 20.6. The fraction of sp³-hybridized carbons (Fsp3) is 0.158. The van der Waals surface area contributed by atoms with Gasteiger partial charge in [0.1, 0.15) is 12.7 Å².